The molecule has 0 amide bonds. The maximum Gasteiger partial charge on any atom is 0.223 e. The number of piperidine rings is 1. The second kappa shape index (κ2) is 5.92. The van der Waals surface area contributed by atoms with E-state index in [2.05, 4.69) is 30.2 Å². The maximum absolute atomic E-state index is 4.96. The zero-order valence-corrected chi connectivity index (χ0v) is 12.5. The van der Waals surface area contributed by atoms with E-state index in [4.69, 9.17) is 4.52 Å². The molecule has 2 aromatic rings. The van der Waals surface area contributed by atoms with Crippen molar-refractivity contribution in [2.45, 2.75) is 36.6 Å². The van der Waals surface area contributed by atoms with Gasteiger partial charge in [0.15, 0.2) is 11.0 Å². The lowest BCUT2D eigenvalue weighted by molar-refractivity contribution is 0.389. The van der Waals surface area contributed by atoms with Crippen molar-refractivity contribution in [1.29, 1.82) is 0 Å². The summed E-state index contributed by atoms with van der Waals surface area (Å²) < 4.78 is 7.04. The van der Waals surface area contributed by atoms with Crippen LogP contribution in [0.2, 0.25) is 0 Å². The van der Waals surface area contributed by atoms with Gasteiger partial charge < -0.3 is 14.4 Å². The number of aromatic nitrogens is 5. The van der Waals surface area contributed by atoms with Crippen LogP contribution in [0, 0.1) is 6.92 Å². The summed E-state index contributed by atoms with van der Waals surface area (Å²) in [5, 5.41) is 16.8. The summed E-state index contributed by atoms with van der Waals surface area (Å²) in [5.41, 5.74) is 0. The van der Waals surface area contributed by atoms with Crippen molar-refractivity contribution < 1.29 is 4.52 Å². The number of nitrogens with one attached hydrogen (secondary N) is 1. The molecule has 0 aliphatic carbocycles. The van der Waals surface area contributed by atoms with Crippen LogP contribution < -0.4 is 5.32 Å². The van der Waals surface area contributed by atoms with Crippen LogP contribution in [-0.2, 0) is 12.8 Å². The van der Waals surface area contributed by atoms with Crippen LogP contribution in [-0.4, -0.2) is 38.0 Å². The van der Waals surface area contributed by atoms with Crippen LogP contribution in [0.3, 0.4) is 0 Å². The molecule has 0 radical (unpaired) electrons. The summed E-state index contributed by atoms with van der Waals surface area (Å²) in [6.45, 7) is 3.88. The van der Waals surface area contributed by atoms with Gasteiger partial charge in [0.2, 0.25) is 5.89 Å². The standard InChI is InChI=1S/C12H18N6OS/c1-8-14-10(17-19-8)7-20-12-16-15-11(18(12)2)9-4-3-5-13-6-9/h9,13H,3-7H2,1-2H3. The number of nitrogens with zero attached hydrogens (tertiary/aromatic N) is 5. The minimum absolute atomic E-state index is 0.461. The van der Waals surface area contributed by atoms with Crippen molar-refractivity contribution in [3.05, 3.63) is 17.5 Å². The Morgan fingerprint density at radius 1 is 1.45 bits per heavy atom. The summed E-state index contributed by atoms with van der Waals surface area (Å²) in [6, 6.07) is 0. The van der Waals surface area contributed by atoms with Crippen molar-refractivity contribution >= 4 is 11.8 Å². The maximum atomic E-state index is 4.96. The second-order valence-electron chi connectivity index (χ2n) is 4.96. The molecule has 0 spiro atoms. The molecule has 1 aliphatic rings. The first-order chi connectivity index (χ1) is 9.74. The van der Waals surface area contributed by atoms with Crippen LogP contribution in [0.1, 0.15) is 36.3 Å². The number of thioether (sulfide) groups is 1. The topological polar surface area (TPSA) is 81.7 Å². The van der Waals surface area contributed by atoms with Crippen molar-refractivity contribution in [2.75, 3.05) is 13.1 Å². The van der Waals surface area contributed by atoms with E-state index in [-0.39, 0.29) is 0 Å². The third-order valence-corrected chi connectivity index (χ3v) is 4.45. The molecule has 1 fully saturated rings. The van der Waals surface area contributed by atoms with Crippen LogP contribution >= 0.6 is 11.8 Å². The van der Waals surface area contributed by atoms with Gasteiger partial charge >= 0.3 is 0 Å². The fourth-order valence-electron chi connectivity index (χ4n) is 2.41. The van der Waals surface area contributed by atoms with E-state index in [1.54, 1.807) is 18.7 Å². The lowest BCUT2D eigenvalue weighted by Gasteiger charge is -2.21. The molecule has 8 heteroatoms. The minimum atomic E-state index is 0.461. The molecular formula is C12H18N6OS. The van der Waals surface area contributed by atoms with E-state index in [9.17, 15) is 0 Å². The van der Waals surface area contributed by atoms with E-state index in [0.717, 1.165) is 24.1 Å². The summed E-state index contributed by atoms with van der Waals surface area (Å²) in [6.07, 6.45) is 2.37. The molecule has 3 heterocycles. The highest BCUT2D eigenvalue weighted by Crippen LogP contribution is 2.26. The van der Waals surface area contributed by atoms with Crippen molar-refractivity contribution in [3.8, 4) is 0 Å². The summed E-state index contributed by atoms with van der Waals surface area (Å²) in [7, 11) is 2.02. The molecule has 3 rings (SSSR count). The van der Waals surface area contributed by atoms with Gasteiger partial charge in [0, 0.05) is 26.4 Å². The molecule has 1 aliphatic heterocycles. The summed E-state index contributed by atoms with van der Waals surface area (Å²) in [5.74, 6) is 3.45. The Bertz CT molecular complexity index is 574. The van der Waals surface area contributed by atoms with Gasteiger partial charge in [0.25, 0.3) is 0 Å². The zero-order valence-electron chi connectivity index (χ0n) is 11.7. The number of rotatable bonds is 4. The normalized spacial score (nSPS) is 19.4. The zero-order chi connectivity index (χ0) is 13.9. The van der Waals surface area contributed by atoms with Crippen LogP contribution in [0.15, 0.2) is 9.68 Å². The molecule has 20 heavy (non-hydrogen) atoms. The molecule has 1 saturated heterocycles. The van der Waals surface area contributed by atoms with Gasteiger partial charge in [-0.2, -0.15) is 4.98 Å². The highest BCUT2D eigenvalue weighted by atomic mass is 32.2. The Morgan fingerprint density at radius 3 is 3.05 bits per heavy atom. The van der Waals surface area contributed by atoms with Gasteiger partial charge in [0.05, 0.1) is 5.75 Å². The first-order valence-electron chi connectivity index (χ1n) is 6.76. The van der Waals surface area contributed by atoms with Crippen LogP contribution in [0.4, 0.5) is 0 Å². The third-order valence-electron chi connectivity index (χ3n) is 3.43. The van der Waals surface area contributed by atoms with Crippen LogP contribution in [0.5, 0.6) is 0 Å². The largest absolute Gasteiger partial charge is 0.340 e. The lowest BCUT2D eigenvalue weighted by Crippen LogP contribution is -2.29. The Morgan fingerprint density at radius 2 is 2.35 bits per heavy atom. The van der Waals surface area contributed by atoms with Gasteiger partial charge in [-0.25, -0.2) is 0 Å². The van der Waals surface area contributed by atoms with E-state index in [1.165, 1.54) is 12.8 Å². The van der Waals surface area contributed by atoms with Crippen LogP contribution in [0.25, 0.3) is 0 Å². The van der Waals surface area contributed by atoms with Gasteiger partial charge in [-0.3, -0.25) is 0 Å². The van der Waals surface area contributed by atoms with E-state index in [1.807, 2.05) is 7.05 Å². The first kappa shape index (κ1) is 13.6. The molecular weight excluding hydrogens is 276 g/mol. The number of aryl methyl sites for hydroxylation is 1. The molecule has 7 nitrogen and oxygen atoms in total. The summed E-state index contributed by atoms with van der Waals surface area (Å²) >= 11 is 1.58. The van der Waals surface area contributed by atoms with Crippen molar-refractivity contribution in [1.82, 2.24) is 30.2 Å². The average molecular weight is 294 g/mol. The third kappa shape index (κ3) is 2.85. The first-order valence-corrected chi connectivity index (χ1v) is 7.74. The molecule has 0 aromatic carbocycles. The van der Waals surface area contributed by atoms with Gasteiger partial charge in [0.1, 0.15) is 5.82 Å². The molecule has 0 bridgehead atoms. The van der Waals surface area contributed by atoms with E-state index < -0.39 is 0 Å². The Kier molecular flexibility index (Phi) is 4.02. The predicted molar refractivity (Wildman–Crippen MR) is 74.4 cm³/mol. The Hall–Kier alpha value is -1.41. The van der Waals surface area contributed by atoms with Crippen molar-refractivity contribution in [2.24, 2.45) is 7.05 Å². The fourth-order valence-corrected chi connectivity index (χ4v) is 3.17. The molecule has 1 unspecified atom stereocenters. The smallest absolute Gasteiger partial charge is 0.223 e. The van der Waals surface area contributed by atoms with E-state index >= 15 is 0 Å². The average Bonchev–Trinajstić information content (AvgIpc) is 3.04. The Balaban J connectivity index is 1.66. The molecule has 108 valence electrons. The Labute approximate surface area is 121 Å². The minimum Gasteiger partial charge on any atom is -0.340 e. The van der Waals surface area contributed by atoms with E-state index in [0.29, 0.717) is 23.4 Å². The summed E-state index contributed by atoms with van der Waals surface area (Å²) in [4.78, 5) is 4.19. The molecule has 2 aromatic heterocycles. The fraction of sp³-hybridized carbons (Fsp3) is 0.667. The second-order valence-corrected chi connectivity index (χ2v) is 5.90. The van der Waals surface area contributed by atoms with Gasteiger partial charge in [-0.15, -0.1) is 10.2 Å². The number of hydrogen-bond donors (Lipinski definition) is 1. The lowest BCUT2D eigenvalue weighted by atomic mass is 9.99. The highest BCUT2D eigenvalue weighted by molar-refractivity contribution is 7.98. The van der Waals surface area contributed by atoms with Crippen molar-refractivity contribution in [3.63, 3.8) is 0 Å². The highest BCUT2D eigenvalue weighted by Gasteiger charge is 2.21. The quantitative estimate of drug-likeness (QED) is 0.850. The van der Waals surface area contributed by atoms with Gasteiger partial charge in [-0.1, -0.05) is 16.9 Å². The SMILES string of the molecule is Cc1nc(CSc2nnc(C3CCCNC3)n2C)no1. The monoisotopic (exact) mass is 294 g/mol. The predicted octanol–water partition coefficient (Wildman–Crippen LogP) is 1.27. The molecule has 0 saturated carbocycles. The molecule has 1 atom stereocenters. The number of hydrogen-bond acceptors (Lipinski definition) is 7. The molecule has 1 N–H and O–H groups in total. The van der Waals surface area contributed by atoms with Gasteiger partial charge in [-0.05, 0) is 19.4 Å².